The molecule has 2 aromatic rings. The molecule has 4 nitrogen and oxygen atoms in total. The summed E-state index contributed by atoms with van der Waals surface area (Å²) >= 11 is 0. The van der Waals surface area contributed by atoms with E-state index in [1.807, 2.05) is 12.1 Å². The predicted molar refractivity (Wildman–Crippen MR) is 87.2 cm³/mol. The largest absolute Gasteiger partial charge is 0.469 e. The highest BCUT2D eigenvalue weighted by atomic mass is 16.5. The van der Waals surface area contributed by atoms with Crippen molar-refractivity contribution in [1.82, 2.24) is 0 Å². The molecule has 1 heterocycles. The van der Waals surface area contributed by atoms with Crippen LogP contribution >= 0.6 is 0 Å². The van der Waals surface area contributed by atoms with Crippen molar-refractivity contribution in [3.05, 3.63) is 53.6 Å². The number of anilines is 1. The minimum atomic E-state index is -0.363. The van der Waals surface area contributed by atoms with Gasteiger partial charge in [0.1, 0.15) is 0 Å². The fourth-order valence-electron chi connectivity index (χ4n) is 3.58. The molecule has 4 heteroatoms. The Bertz CT molecular complexity index is 812. The first-order valence-electron chi connectivity index (χ1n) is 7.77. The molecular weight excluding hydrogens is 290 g/mol. The minimum Gasteiger partial charge on any atom is -0.469 e. The topological polar surface area (TPSA) is 46.6 Å². The van der Waals surface area contributed by atoms with Gasteiger partial charge in [-0.3, -0.25) is 9.59 Å². The van der Waals surface area contributed by atoms with E-state index in [-0.39, 0.29) is 24.2 Å². The van der Waals surface area contributed by atoms with Gasteiger partial charge in [0.2, 0.25) is 5.91 Å². The van der Waals surface area contributed by atoms with Gasteiger partial charge in [-0.25, -0.2) is 0 Å². The van der Waals surface area contributed by atoms with Crippen molar-refractivity contribution >= 4 is 17.6 Å². The van der Waals surface area contributed by atoms with Gasteiger partial charge >= 0.3 is 5.97 Å². The van der Waals surface area contributed by atoms with E-state index in [1.54, 1.807) is 4.90 Å². The van der Waals surface area contributed by atoms with E-state index < -0.39 is 0 Å². The lowest BCUT2D eigenvalue weighted by atomic mass is 10.1. The standard InChI is InChI=1S/C19H17NO3/c1-23-19(22)14-10-18(21)20(11-14)15-6-7-17-13(9-15)8-12-4-2-3-5-16(12)17/h2-7,9,14H,8,10-11H2,1H3. The molecule has 0 spiro atoms. The molecule has 2 aromatic carbocycles. The number of nitrogens with zero attached hydrogens (tertiary/aromatic N) is 1. The number of methoxy groups -OCH3 is 1. The molecule has 4 rings (SSSR count). The summed E-state index contributed by atoms with van der Waals surface area (Å²) in [6.07, 6.45) is 1.12. The van der Waals surface area contributed by atoms with E-state index in [0.717, 1.165) is 12.1 Å². The van der Waals surface area contributed by atoms with Crippen molar-refractivity contribution in [3.63, 3.8) is 0 Å². The van der Waals surface area contributed by atoms with Crippen LogP contribution in [0.1, 0.15) is 17.5 Å². The van der Waals surface area contributed by atoms with Crippen molar-refractivity contribution in [2.45, 2.75) is 12.8 Å². The highest BCUT2D eigenvalue weighted by Gasteiger charge is 2.36. The second-order valence-electron chi connectivity index (χ2n) is 6.10. The van der Waals surface area contributed by atoms with Crippen LogP contribution in [0.5, 0.6) is 0 Å². The molecular formula is C19H17NO3. The van der Waals surface area contributed by atoms with E-state index in [9.17, 15) is 9.59 Å². The number of amides is 1. The van der Waals surface area contributed by atoms with E-state index >= 15 is 0 Å². The van der Waals surface area contributed by atoms with Gasteiger partial charge in [-0.2, -0.15) is 0 Å². The fraction of sp³-hybridized carbons (Fsp3) is 0.263. The number of rotatable bonds is 2. The van der Waals surface area contributed by atoms with Crippen LogP contribution < -0.4 is 4.90 Å². The summed E-state index contributed by atoms with van der Waals surface area (Å²) in [6.45, 7) is 0.400. The van der Waals surface area contributed by atoms with Gasteiger partial charge in [0.05, 0.1) is 13.0 Å². The summed E-state index contributed by atoms with van der Waals surface area (Å²) in [7, 11) is 1.36. The Labute approximate surface area is 134 Å². The number of benzene rings is 2. The van der Waals surface area contributed by atoms with Gasteiger partial charge in [0.25, 0.3) is 0 Å². The van der Waals surface area contributed by atoms with E-state index in [2.05, 4.69) is 30.3 Å². The molecule has 0 N–H and O–H groups in total. The average molecular weight is 307 g/mol. The average Bonchev–Trinajstić information content (AvgIpc) is 3.13. The zero-order valence-electron chi connectivity index (χ0n) is 12.9. The van der Waals surface area contributed by atoms with Gasteiger partial charge in [-0.05, 0) is 40.8 Å². The number of fused-ring (bicyclic) bond motifs is 3. The monoisotopic (exact) mass is 307 g/mol. The van der Waals surface area contributed by atoms with Crippen molar-refractivity contribution < 1.29 is 14.3 Å². The molecule has 1 aliphatic heterocycles. The van der Waals surface area contributed by atoms with Crippen LogP contribution in [0.2, 0.25) is 0 Å². The summed E-state index contributed by atoms with van der Waals surface area (Å²) < 4.78 is 4.77. The lowest BCUT2D eigenvalue weighted by Gasteiger charge is -2.17. The number of hydrogen-bond acceptors (Lipinski definition) is 3. The second kappa shape index (κ2) is 5.23. The SMILES string of the molecule is COC(=O)C1CC(=O)N(c2ccc3c(c2)Cc2ccccc2-3)C1. The van der Waals surface area contributed by atoms with Crippen molar-refractivity contribution in [1.29, 1.82) is 0 Å². The molecule has 1 fully saturated rings. The smallest absolute Gasteiger partial charge is 0.311 e. The third-order valence-electron chi connectivity index (χ3n) is 4.75. The lowest BCUT2D eigenvalue weighted by molar-refractivity contribution is -0.145. The molecule has 1 unspecified atom stereocenters. The quantitative estimate of drug-likeness (QED) is 0.684. The minimum absolute atomic E-state index is 0.0177. The lowest BCUT2D eigenvalue weighted by Crippen LogP contribution is -2.26. The molecule has 1 saturated heterocycles. The Balaban J connectivity index is 1.64. The zero-order valence-corrected chi connectivity index (χ0v) is 12.9. The van der Waals surface area contributed by atoms with Crippen LogP contribution in [0.3, 0.4) is 0 Å². The van der Waals surface area contributed by atoms with Gasteiger partial charge in [0, 0.05) is 18.7 Å². The molecule has 23 heavy (non-hydrogen) atoms. The Kier molecular flexibility index (Phi) is 3.18. The number of carbonyl (C=O) groups is 2. The Hall–Kier alpha value is -2.62. The number of ether oxygens (including phenoxy) is 1. The molecule has 0 bridgehead atoms. The maximum absolute atomic E-state index is 12.2. The van der Waals surface area contributed by atoms with Gasteiger partial charge in [-0.1, -0.05) is 30.3 Å². The van der Waals surface area contributed by atoms with Crippen LogP contribution in [0, 0.1) is 5.92 Å². The van der Waals surface area contributed by atoms with Crippen molar-refractivity contribution in [2.24, 2.45) is 5.92 Å². The maximum atomic E-state index is 12.2. The van der Waals surface area contributed by atoms with E-state index in [4.69, 9.17) is 4.74 Å². The first-order valence-corrected chi connectivity index (χ1v) is 7.77. The predicted octanol–water partition coefficient (Wildman–Crippen LogP) is 2.78. The summed E-state index contributed by atoms with van der Waals surface area (Å²) in [5.74, 6) is -0.691. The van der Waals surface area contributed by atoms with Crippen LogP contribution in [0.4, 0.5) is 5.69 Å². The summed E-state index contributed by atoms with van der Waals surface area (Å²) in [5, 5.41) is 0. The van der Waals surface area contributed by atoms with Crippen LogP contribution in [0.25, 0.3) is 11.1 Å². The highest BCUT2D eigenvalue weighted by molar-refractivity contribution is 6.00. The van der Waals surface area contributed by atoms with Gasteiger partial charge in [-0.15, -0.1) is 0 Å². The summed E-state index contributed by atoms with van der Waals surface area (Å²) in [5.41, 5.74) is 5.93. The Morgan fingerprint density at radius 1 is 1.13 bits per heavy atom. The second-order valence-corrected chi connectivity index (χ2v) is 6.10. The highest BCUT2D eigenvalue weighted by Crippen LogP contribution is 2.39. The molecule has 0 aromatic heterocycles. The number of carbonyl (C=O) groups excluding carboxylic acids is 2. The molecule has 116 valence electrons. The number of esters is 1. The van der Waals surface area contributed by atoms with Gasteiger partial charge in [0.15, 0.2) is 0 Å². The molecule has 0 saturated carbocycles. The third-order valence-corrected chi connectivity index (χ3v) is 4.75. The first-order chi connectivity index (χ1) is 11.2. The third kappa shape index (κ3) is 2.22. The summed E-state index contributed by atoms with van der Waals surface area (Å²) in [4.78, 5) is 25.6. The molecule has 1 atom stereocenters. The Morgan fingerprint density at radius 3 is 2.74 bits per heavy atom. The van der Waals surface area contributed by atoms with E-state index in [0.29, 0.717) is 6.54 Å². The van der Waals surface area contributed by atoms with Crippen molar-refractivity contribution in [3.8, 4) is 11.1 Å². The first kappa shape index (κ1) is 14.0. The molecule has 0 radical (unpaired) electrons. The van der Waals surface area contributed by atoms with Crippen LogP contribution in [0.15, 0.2) is 42.5 Å². The zero-order chi connectivity index (χ0) is 16.0. The molecule has 2 aliphatic rings. The molecule has 1 aliphatic carbocycles. The maximum Gasteiger partial charge on any atom is 0.311 e. The van der Waals surface area contributed by atoms with Gasteiger partial charge < -0.3 is 9.64 Å². The van der Waals surface area contributed by atoms with Crippen molar-refractivity contribution in [2.75, 3.05) is 18.6 Å². The Morgan fingerprint density at radius 2 is 1.91 bits per heavy atom. The molecule has 1 amide bonds. The number of hydrogen-bond donors (Lipinski definition) is 0. The normalized spacial score (nSPS) is 18.7. The van der Waals surface area contributed by atoms with E-state index in [1.165, 1.54) is 29.4 Å². The summed E-state index contributed by atoms with van der Waals surface area (Å²) in [6, 6.07) is 14.5. The van der Waals surface area contributed by atoms with Crippen LogP contribution in [-0.2, 0) is 20.7 Å². The fourth-order valence-corrected chi connectivity index (χ4v) is 3.58. The van der Waals surface area contributed by atoms with Crippen LogP contribution in [-0.4, -0.2) is 25.5 Å².